The second-order valence-corrected chi connectivity index (χ2v) is 8.05. The average molecular weight is 389 g/mol. The van der Waals surface area contributed by atoms with Gasteiger partial charge in [-0.1, -0.05) is 36.4 Å². The Morgan fingerprint density at radius 3 is 2.48 bits per heavy atom. The van der Waals surface area contributed by atoms with Gasteiger partial charge in [0.05, 0.1) is 0 Å². The van der Waals surface area contributed by atoms with Crippen molar-refractivity contribution in [2.24, 2.45) is 5.92 Å². The molecule has 2 unspecified atom stereocenters. The van der Waals surface area contributed by atoms with Crippen LogP contribution in [0.4, 0.5) is 0 Å². The molecule has 0 radical (unpaired) electrons. The highest BCUT2D eigenvalue weighted by Crippen LogP contribution is 2.46. The summed E-state index contributed by atoms with van der Waals surface area (Å²) in [5.74, 6) is 1.61. The molecule has 2 atom stereocenters. The molecule has 0 aliphatic heterocycles. The maximum atomic E-state index is 12.1. The second kappa shape index (κ2) is 7.90. The summed E-state index contributed by atoms with van der Waals surface area (Å²) >= 11 is 0. The Morgan fingerprint density at radius 2 is 1.76 bits per heavy atom. The maximum absolute atomic E-state index is 12.1. The van der Waals surface area contributed by atoms with Crippen LogP contribution in [0.2, 0.25) is 0 Å². The molecule has 0 aromatic heterocycles. The molecule has 0 saturated heterocycles. The number of ether oxygens (including phenoxy) is 1. The van der Waals surface area contributed by atoms with E-state index in [1.165, 1.54) is 0 Å². The normalized spacial score (nSPS) is 21.0. The van der Waals surface area contributed by atoms with E-state index in [-0.39, 0.29) is 11.7 Å². The van der Waals surface area contributed by atoms with E-state index >= 15 is 0 Å². The van der Waals surface area contributed by atoms with Crippen molar-refractivity contribution in [3.8, 4) is 17.2 Å². The zero-order chi connectivity index (χ0) is 20.4. The maximum Gasteiger partial charge on any atom is 0.127 e. The van der Waals surface area contributed by atoms with Crippen LogP contribution in [0.15, 0.2) is 72.8 Å². The van der Waals surface area contributed by atoms with Gasteiger partial charge in [-0.25, -0.2) is 0 Å². The predicted octanol–water partition coefficient (Wildman–Crippen LogP) is 4.54. The SMILES string of the molecule is CN(C)CC1CCc2ccc(Oc3ccccc3)cc2C1(O)c1cccc(O)c1. The van der Waals surface area contributed by atoms with Gasteiger partial charge in [0.25, 0.3) is 0 Å². The van der Waals surface area contributed by atoms with E-state index in [4.69, 9.17) is 4.74 Å². The third kappa shape index (κ3) is 3.86. The summed E-state index contributed by atoms with van der Waals surface area (Å²) in [6, 6.07) is 22.6. The number of aromatic hydroxyl groups is 1. The summed E-state index contributed by atoms with van der Waals surface area (Å²) in [5.41, 5.74) is 1.48. The van der Waals surface area contributed by atoms with Gasteiger partial charge >= 0.3 is 0 Å². The van der Waals surface area contributed by atoms with Crippen LogP contribution >= 0.6 is 0 Å². The fourth-order valence-electron chi connectivity index (χ4n) is 4.37. The largest absolute Gasteiger partial charge is 0.508 e. The first-order chi connectivity index (χ1) is 14.0. The highest BCUT2D eigenvalue weighted by Gasteiger charge is 2.44. The molecule has 150 valence electrons. The van der Waals surface area contributed by atoms with Gasteiger partial charge in [-0.3, -0.25) is 0 Å². The Morgan fingerprint density at radius 1 is 0.966 bits per heavy atom. The Bertz CT molecular complexity index is 986. The van der Waals surface area contributed by atoms with Crippen LogP contribution in [0.1, 0.15) is 23.1 Å². The van der Waals surface area contributed by atoms with Gasteiger partial charge in [0.15, 0.2) is 0 Å². The molecule has 3 aromatic carbocycles. The molecular weight excluding hydrogens is 362 g/mol. The van der Waals surface area contributed by atoms with E-state index in [1.807, 2.05) is 68.7 Å². The van der Waals surface area contributed by atoms with E-state index in [2.05, 4.69) is 4.90 Å². The van der Waals surface area contributed by atoms with E-state index < -0.39 is 5.60 Å². The third-order valence-electron chi connectivity index (χ3n) is 5.70. The third-order valence-corrected chi connectivity index (χ3v) is 5.70. The number of benzene rings is 3. The molecule has 0 amide bonds. The number of aliphatic hydroxyl groups is 1. The van der Waals surface area contributed by atoms with E-state index in [0.29, 0.717) is 11.3 Å². The van der Waals surface area contributed by atoms with Crippen molar-refractivity contribution >= 4 is 0 Å². The lowest BCUT2D eigenvalue weighted by molar-refractivity contribution is -0.00665. The molecule has 4 rings (SSSR count). The molecule has 0 heterocycles. The van der Waals surface area contributed by atoms with E-state index in [9.17, 15) is 10.2 Å². The van der Waals surface area contributed by atoms with E-state index in [1.54, 1.807) is 18.2 Å². The number of hydrogen-bond donors (Lipinski definition) is 2. The molecule has 0 fully saturated rings. The molecule has 1 aliphatic carbocycles. The summed E-state index contributed by atoms with van der Waals surface area (Å²) in [6.07, 6.45) is 1.77. The van der Waals surface area contributed by atoms with Crippen molar-refractivity contribution in [2.75, 3.05) is 20.6 Å². The van der Waals surface area contributed by atoms with Gasteiger partial charge in [-0.05, 0) is 80.0 Å². The number of aryl methyl sites for hydroxylation is 1. The van der Waals surface area contributed by atoms with Crippen molar-refractivity contribution in [3.05, 3.63) is 89.5 Å². The number of phenols is 1. The zero-order valence-corrected chi connectivity index (χ0v) is 16.9. The van der Waals surface area contributed by atoms with Crippen molar-refractivity contribution in [2.45, 2.75) is 18.4 Å². The lowest BCUT2D eigenvalue weighted by Gasteiger charge is -2.43. The zero-order valence-electron chi connectivity index (χ0n) is 16.9. The standard InChI is InChI=1S/C25H27NO3/c1-26(2)17-20-13-11-18-12-14-23(29-22-9-4-3-5-10-22)16-24(18)25(20,28)19-7-6-8-21(27)15-19/h3-10,12,14-16,20,27-28H,11,13,17H2,1-2H3. The topological polar surface area (TPSA) is 52.9 Å². The molecule has 2 N–H and O–H groups in total. The second-order valence-electron chi connectivity index (χ2n) is 8.05. The van der Waals surface area contributed by atoms with Crippen molar-refractivity contribution in [1.82, 2.24) is 4.90 Å². The van der Waals surface area contributed by atoms with Gasteiger partial charge < -0.3 is 19.8 Å². The molecule has 0 saturated carbocycles. The van der Waals surface area contributed by atoms with Gasteiger partial charge in [0, 0.05) is 12.5 Å². The molecule has 0 bridgehead atoms. The van der Waals surface area contributed by atoms with Gasteiger partial charge in [0.2, 0.25) is 0 Å². The fourth-order valence-corrected chi connectivity index (χ4v) is 4.37. The molecule has 4 nitrogen and oxygen atoms in total. The lowest BCUT2D eigenvalue weighted by Crippen LogP contribution is -2.45. The Balaban J connectivity index is 1.81. The van der Waals surface area contributed by atoms with Gasteiger partial charge in [0.1, 0.15) is 22.8 Å². The fraction of sp³-hybridized carbons (Fsp3) is 0.280. The van der Waals surface area contributed by atoms with E-state index in [0.717, 1.165) is 36.3 Å². The first-order valence-corrected chi connectivity index (χ1v) is 9.99. The Labute approximate surface area is 172 Å². The van der Waals surface area contributed by atoms with Crippen LogP contribution < -0.4 is 4.74 Å². The van der Waals surface area contributed by atoms with Crippen molar-refractivity contribution in [3.63, 3.8) is 0 Å². The van der Waals surface area contributed by atoms with Crippen LogP contribution in [0.5, 0.6) is 17.2 Å². The Hall–Kier alpha value is -2.82. The number of rotatable bonds is 5. The summed E-state index contributed by atoms with van der Waals surface area (Å²) < 4.78 is 6.04. The van der Waals surface area contributed by atoms with Crippen LogP contribution in [-0.2, 0) is 12.0 Å². The number of nitrogens with zero attached hydrogens (tertiary/aromatic N) is 1. The van der Waals surface area contributed by atoms with Gasteiger partial charge in [-0.2, -0.15) is 0 Å². The predicted molar refractivity (Wildman–Crippen MR) is 114 cm³/mol. The molecule has 0 spiro atoms. The van der Waals surface area contributed by atoms with Gasteiger partial charge in [-0.15, -0.1) is 0 Å². The summed E-state index contributed by atoms with van der Waals surface area (Å²) in [4.78, 5) is 2.10. The number of phenolic OH excluding ortho intramolecular Hbond substituents is 1. The van der Waals surface area contributed by atoms with Crippen LogP contribution in [0, 0.1) is 5.92 Å². The number of para-hydroxylation sites is 1. The smallest absolute Gasteiger partial charge is 0.127 e. The molecule has 29 heavy (non-hydrogen) atoms. The molecule has 4 heteroatoms. The minimum Gasteiger partial charge on any atom is -0.508 e. The highest BCUT2D eigenvalue weighted by molar-refractivity contribution is 5.49. The average Bonchev–Trinajstić information content (AvgIpc) is 2.71. The number of hydrogen-bond acceptors (Lipinski definition) is 4. The monoisotopic (exact) mass is 389 g/mol. The quantitative estimate of drug-likeness (QED) is 0.672. The van der Waals surface area contributed by atoms with Crippen LogP contribution in [0.25, 0.3) is 0 Å². The van der Waals surface area contributed by atoms with Crippen molar-refractivity contribution < 1.29 is 14.9 Å². The molecule has 3 aromatic rings. The van der Waals surface area contributed by atoms with Crippen LogP contribution in [0.3, 0.4) is 0 Å². The summed E-state index contributed by atoms with van der Waals surface area (Å²) in [5, 5.41) is 22.2. The summed E-state index contributed by atoms with van der Waals surface area (Å²) in [7, 11) is 4.04. The number of fused-ring (bicyclic) bond motifs is 1. The highest BCUT2D eigenvalue weighted by atomic mass is 16.5. The summed E-state index contributed by atoms with van der Waals surface area (Å²) in [6.45, 7) is 0.745. The Kier molecular flexibility index (Phi) is 5.31. The minimum atomic E-state index is -1.20. The lowest BCUT2D eigenvalue weighted by atomic mass is 9.68. The van der Waals surface area contributed by atoms with Crippen molar-refractivity contribution in [1.29, 1.82) is 0 Å². The molecule has 1 aliphatic rings. The first-order valence-electron chi connectivity index (χ1n) is 9.99. The van der Waals surface area contributed by atoms with Crippen LogP contribution in [-0.4, -0.2) is 35.8 Å². The minimum absolute atomic E-state index is 0.00113. The molecular formula is C25H27NO3. The first kappa shape index (κ1) is 19.5.